The molecule has 0 aliphatic carbocycles. The van der Waals surface area contributed by atoms with E-state index in [9.17, 15) is 0 Å². The SMILES string of the molecule is CNC(C1=CCCO1)C1CCOC1. The van der Waals surface area contributed by atoms with Crippen molar-refractivity contribution in [3.05, 3.63) is 11.8 Å². The van der Waals surface area contributed by atoms with E-state index < -0.39 is 0 Å². The predicted octanol–water partition coefficient (Wildman–Crippen LogP) is 0.915. The third-order valence-electron chi connectivity index (χ3n) is 2.79. The lowest BCUT2D eigenvalue weighted by Gasteiger charge is -2.22. The van der Waals surface area contributed by atoms with Gasteiger partial charge in [-0.1, -0.05) is 0 Å². The predicted molar refractivity (Wildman–Crippen MR) is 50.4 cm³/mol. The number of nitrogens with one attached hydrogen (secondary N) is 1. The second-order valence-electron chi connectivity index (χ2n) is 3.63. The molecule has 2 rings (SSSR count). The van der Waals surface area contributed by atoms with Gasteiger partial charge in [0, 0.05) is 18.9 Å². The van der Waals surface area contributed by atoms with Gasteiger partial charge in [-0.3, -0.25) is 0 Å². The van der Waals surface area contributed by atoms with Gasteiger partial charge in [0.1, 0.15) is 5.76 Å². The first kappa shape index (κ1) is 9.03. The molecular weight excluding hydrogens is 166 g/mol. The lowest BCUT2D eigenvalue weighted by molar-refractivity contribution is 0.161. The van der Waals surface area contributed by atoms with Gasteiger partial charge in [-0.25, -0.2) is 0 Å². The van der Waals surface area contributed by atoms with Crippen LogP contribution in [0, 0.1) is 5.92 Å². The van der Waals surface area contributed by atoms with Crippen molar-refractivity contribution in [3.8, 4) is 0 Å². The summed E-state index contributed by atoms with van der Waals surface area (Å²) in [6.07, 6.45) is 4.40. The smallest absolute Gasteiger partial charge is 0.109 e. The van der Waals surface area contributed by atoms with Gasteiger partial charge in [-0.2, -0.15) is 0 Å². The van der Waals surface area contributed by atoms with Crippen LogP contribution in [0.4, 0.5) is 0 Å². The van der Waals surface area contributed by atoms with E-state index in [0.717, 1.165) is 38.4 Å². The molecule has 0 saturated carbocycles. The molecule has 74 valence electrons. The van der Waals surface area contributed by atoms with Crippen LogP contribution in [0.5, 0.6) is 0 Å². The summed E-state index contributed by atoms with van der Waals surface area (Å²) >= 11 is 0. The van der Waals surface area contributed by atoms with Crippen molar-refractivity contribution in [2.75, 3.05) is 26.9 Å². The average Bonchev–Trinajstić information content (AvgIpc) is 2.76. The first-order valence-electron chi connectivity index (χ1n) is 4.99. The monoisotopic (exact) mass is 183 g/mol. The number of hydrogen-bond donors (Lipinski definition) is 1. The molecular formula is C10H17NO2. The Hall–Kier alpha value is -0.540. The molecule has 0 aromatic rings. The molecule has 2 aliphatic heterocycles. The summed E-state index contributed by atoms with van der Waals surface area (Å²) in [5.41, 5.74) is 0. The highest BCUT2D eigenvalue weighted by atomic mass is 16.5. The van der Waals surface area contributed by atoms with E-state index in [-0.39, 0.29) is 0 Å². The van der Waals surface area contributed by atoms with Crippen LogP contribution in [0.2, 0.25) is 0 Å². The summed E-state index contributed by atoms with van der Waals surface area (Å²) in [6, 6.07) is 0.366. The zero-order chi connectivity index (χ0) is 9.10. The molecule has 0 radical (unpaired) electrons. The van der Waals surface area contributed by atoms with Crippen molar-refractivity contribution < 1.29 is 9.47 Å². The Morgan fingerprint density at radius 1 is 1.54 bits per heavy atom. The molecule has 0 aromatic heterocycles. The first-order valence-corrected chi connectivity index (χ1v) is 4.99. The fourth-order valence-corrected chi connectivity index (χ4v) is 2.08. The fraction of sp³-hybridized carbons (Fsp3) is 0.800. The van der Waals surface area contributed by atoms with Crippen LogP contribution in [0.25, 0.3) is 0 Å². The van der Waals surface area contributed by atoms with Gasteiger partial charge in [0.2, 0.25) is 0 Å². The van der Waals surface area contributed by atoms with E-state index >= 15 is 0 Å². The minimum absolute atomic E-state index is 0.366. The zero-order valence-electron chi connectivity index (χ0n) is 8.08. The molecule has 2 heterocycles. The molecule has 3 nitrogen and oxygen atoms in total. The largest absolute Gasteiger partial charge is 0.496 e. The lowest BCUT2D eigenvalue weighted by Crippen LogP contribution is -2.35. The van der Waals surface area contributed by atoms with Gasteiger partial charge in [-0.15, -0.1) is 0 Å². The van der Waals surface area contributed by atoms with E-state index in [0.29, 0.717) is 12.0 Å². The topological polar surface area (TPSA) is 30.5 Å². The molecule has 0 aromatic carbocycles. The van der Waals surface area contributed by atoms with E-state index in [1.807, 2.05) is 7.05 Å². The number of rotatable bonds is 3. The quantitative estimate of drug-likeness (QED) is 0.705. The summed E-state index contributed by atoms with van der Waals surface area (Å²) < 4.78 is 10.9. The second kappa shape index (κ2) is 4.11. The Labute approximate surface area is 79.1 Å². The highest BCUT2D eigenvalue weighted by Crippen LogP contribution is 2.24. The molecule has 0 amide bonds. The Balaban J connectivity index is 1.98. The van der Waals surface area contributed by atoms with Crippen LogP contribution in [-0.2, 0) is 9.47 Å². The number of likely N-dealkylation sites (N-methyl/N-ethyl adjacent to an activating group) is 1. The maximum Gasteiger partial charge on any atom is 0.109 e. The average molecular weight is 183 g/mol. The molecule has 0 spiro atoms. The maximum atomic E-state index is 5.56. The summed E-state index contributed by atoms with van der Waals surface area (Å²) in [5, 5.41) is 3.31. The summed E-state index contributed by atoms with van der Waals surface area (Å²) in [5.74, 6) is 1.72. The van der Waals surface area contributed by atoms with Gasteiger partial charge in [0.15, 0.2) is 0 Å². The first-order chi connectivity index (χ1) is 6.42. The van der Waals surface area contributed by atoms with E-state index in [4.69, 9.17) is 9.47 Å². The third-order valence-corrected chi connectivity index (χ3v) is 2.79. The van der Waals surface area contributed by atoms with Gasteiger partial charge >= 0.3 is 0 Å². The highest BCUT2D eigenvalue weighted by Gasteiger charge is 2.29. The standard InChI is InChI=1S/C10H17NO2/c1-11-10(8-4-6-12-7-8)9-3-2-5-13-9/h3,8,10-11H,2,4-7H2,1H3. The molecule has 0 bridgehead atoms. The Bertz CT molecular complexity index is 197. The Morgan fingerprint density at radius 3 is 3.00 bits per heavy atom. The van der Waals surface area contributed by atoms with Crippen LogP contribution < -0.4 is 5.32 Å². The second-order valence-corrected chi connectivity index (χ2v) is 3.63. The highest BCUT2D eigenvalue weighted by molar-refractivity contribution is 5.09. The van der Waals surface area contributed by atoms with Crippen molar-refractivity contribution >= 4 is 0 Å². The molecule has 1 saturated heterocycles. The van der Waals surface area contributed by atoms with E-state index in [2.05, 4.69) is 11.4 Å². The maximum absolute atomic E-state index is 5.56. The normalized spacial score (nSPS) is 29.9. The number of ether oxygens (including phenoxy) is 2. The van der Waals surface area contributed by atoms with Crippen LogP contribution in [0.3, 0.4) is 0 Å². The summed E-state index contributed by atoms with van der Waals surface area (Å²) in [6.45, 7) is 2.61. The van der Waals surface area contributed by atoms with E-state index in [1.165, 1.54) is 0 Å². The van der Waals surface area contributed by atoms with Gasteiger partial charge in [0.05, 0.1) is 19.3 Å². The minimum atomic E-state index is 0.366. The zero-order valence-corrected chi connectivity index (χ0v) is 8.08. The third kappa shape index (κ3) is 1.86. The van der Waals surface area contributed by atoms with Crippen LogP contribution in [-0.4, -0.2) is 32.9 Å². The Morgan fingerprint density at radius 2 is 2.46 bits per heavy atom. The minimum Gasteiger partial charge on any atom is -0.496 e. The van der Waals surface area contributed by atoms with Crippen molar-refractivity contribution in [1.82, 2.24) is 5.32 Å². The van der Waals surface area contributed by atoms with Crippen molar-refractivity contribution in [2.45, 2.75) is 18.9 Å². The fourth-order valence-electron chi connectivity index (χ4n) is 2.08. The van der Waals surface area contributed by atoms with Crippen LogP contribution in [0.1, 0.15) is 12.8 Å². The molecule has 3 heteroatoms. The van der Waals surface area contributed by atoms with Gasteiger partial charge < -0.3 is 14.8 Å². The molecule has 2 atom stereocenters. The van der Waals surface area contributed by atoms with Gasteiger partial charge in [-0.05, 0) is 19.5 Å². The van der Waals surface area contributed by atoms with E-state index in [1.54, 1.807) is 0 Å². The Kier molecular flexibility index (Phi) is 2.86. The molecule has 1 N–H and O–H groups in total. The van der Waals surface area contributed by atoms with Gasteiger partial charge in [0.25, 0.3) is 0 Å². The summed E-state index contributed by atoms with van der Waals surface area (Å²) in [4.78, 5) is 0. The van der Waals surface area contributed by atoms with Crippen molar-refractivity contribution in [3.63, 3.8) is 0 Å². The molecule has 2 unspecified atom stereocenters. The summed E-state index contributed by atoms with van der Waals surface area (Å²) in [7, 11) is 1.99. The van der Waals surface area contributed by atoms with Crippen LogP contribution >= 0.6 is 0 Å². The molecule has 1 fully saturated rings. The van der Waals surface area contributed by atoms with Crippen molar-refractivity contribution in [1.29, 1.82) is 0 Å². The van der Waals surface area contributed by atoms with Crippen molar-refractivity contribution in [2.24, 2.45) is 5.92 Å². The molecule has 13 heavy (non-hydrogen) atoms. The van der Waals surface area contributed by atoms with Crippen LogP contribution in [0.15, 0.2) is 11.8 Å². The lowest BCUT2D eigenvalue weighted by atomic mass is 9.97. The number of hydrogen-bond acceptors (Lipinski definition) is 3. The molecule has 2 aliphatic rings.